The van der Waals surface area contributed by atoms with Crippen LogP contribution in [0.5, 0.6) is 0 Å². The monoisotopic (exact) mass is 184 g/mol. The van der Waals surface area contributed by atoms with E-state index in [1.807, 2.05) is 13.0 Å². The van der Waals surface area contributed by atoms with E-state index in [0.29, 0.717) is 11.3 Å². The fraction of sp³-hybridized carbons (Fsp3) is 0.250. The number of benzene rings is 1. The third-order valence-electron chi connectivity index (χ3n) is 1.57. The normalized spacial score (nSPS) is 12.8. The van der Waals surface area contributed by atoms with E-state index in [2.05, 4.69) is 0 Å². The number of hydrogen-bond acceptors (Lipinski definition) is 3. The zero-order valence-electron chi connectivity index (χ0n) is 6.74. The second kappa shape index (κ2) is 3.69. The third kappa shape index (κ3) is 2.32. The number of nitrogens with two attached hydrogens (primary N) is 1. The molecule has 1 atom stereocenters. The van der Waals surface area contributed by atoms with Crippen molar-refractivity contribution in [2.24, 2.45) is 0 Å². The molecule has 1 aromatic rings. The highest BCUT2D eigenvalue weighted by Gasteiger charge is 1.98. The minimum atomic E-state index is -2.06. The summed E-state index contributed by atoms with van der Waals surface area (Å²) in [6.45, 7) is 1.91. The summed E-state index contributed by atoms with van der Waals surface area (Å²) >= 11 is -2.06. The molecule has 1 rings (SSSR count). The van der Waals surface area contributed by atoms with Crippen LogP contribution >= 0.6 is 0 Å². The number of hydrogen-bond donors (Lipinski definition) is 1. The fourth-order valence-electron chi connectivity index (χ4n) is 0.973. The molecule has 0 spiro atoms. The van der Waals surface area contributed by atoms with Crippen molar-refractivity contribution in [3.63, 3.8) is 0 Å². The maximum absolute atomic E-state index is 10.4. The van der Waals surface area contributed by atoms with E-state index in [-0.39, 0.29) is 5.75 Å². The first-order valence-corrected chi connectivity index (χ1v) is 4.75. The van der Waals surface area contributed by atoms with E-state index >= 15 is 0 Å². The van der Waals surface area contributed by atoms with Crippen LogP contribution < -0.4 is 5.73 Å². The zero-order valence-corrected chi connectivity index (χ0v) is 7.56. The molecule has 2 N–H and O–H groups in total. The SMILES string of the molecule is Cc1ccc(CS(=O)[O-])c(N)c1. The summed E-state index contributed by atoms with van der Waals surface area (Å²) in [5.41, 5.74) is 7.83. The van der Waals surface area contributed by atoms with Crippen molar-refractivity contribution in [2.75, 3.05) is 5.73 Å². The largest absolute Gasteiger partial charge is 0.772 e. The van der Waals surface area contributed by atoms with Gasteiger partial charge < -0.3 is 10.3 Å². The van der Waals surface area contributed by atoms with Crippen LogP contribution in [-0.4, -0.2) is 8.76 Å². The molecule has 0 heterocycles. The lowest BCUT2D eigenvalue weighted by Crippen LogP contribution is -1.99. The molecule has 0 aliphatic heterocycles. The molecule has 0 saturated carbocycles. The number of rotatable bonds is 2. The van der Waals surface area contributed by atoms with Crippen molar-refractivity contribution >= 4 is 16.8 Å². The van der Waals surface area contributed by atoms with Gasteiger partial charge in [0.2, 0.25) is 0 Å². The number of nitrogen functional groups attached to an aromatic ring is 1. The van der Waals surface area contributed by atoms with Gasteiger partial charge in [0, 0.05) is 11.4 Å². The quantitative estimate of drug-likeness (QED) is 0.550. The van der Waals surface area contributed by atoms with Gasteiger partial charge in [-0.2, -0.15) is 0 Å². The van der Waals surface area contributed by atoms with Crippen molar-refractivity contribution < 1.29 is 8.76 Å². The van der Waals surface area contributed by atoms with Gasteiger partial charge in [-0.1, -0.05) is 23.2 Å². The molecule has 0 aromatic heterocycles. The first kappa shape index (κ1) is 9.22. The van der Waals surface area contributed by atoms with Crippen molar-refractivity contribution in [1.82, 2.24) is 0 Å². The zero-order chi connectivity index (χ0) is 9.14. The van der Waals surface area contributed by atoms with Crippen LogP contribution in [0.4, 0.5) is 5.69 Å². The Morgan fingerprint density at radius 3 is 2.75 bits per heavy atom. The van der Waals surface area contributed by atoms with Crippen LogP contribution in [0.2, 0.25) is 0 Å². The molecule has 0 radical (unpaired) electrons. The van der Waals surface area contributed by atoms with Crippen LogP contribution in [0.25, 0.3) is 0 Å². The smallest absolute Gasteiger partial charge is 0.0373 e. The average molecular weight is 184 g/mol. The molecule has 12 heavy (non-hydrogen) atoms. The molecule has 4 heteroatoms. The van der Waals surface area contributed by atoms with Crippen molar-refractivity contribution in [2.45, 2.75) is 12.7 Å². The topological polar surface area (TPSA) is 66.1 Å². The summed E-state index contributed by atoms with van der Waals surface area (Å²) in [5.74, 6) is -0.00782. The van der Waals surface area contributed by atoms with Crippen LogP contribution in [0.1, 0.15) is 11.1 Å². The maximum Gasteiger partial charge on any atom is 0.0373 e. The van der Waals surface area contributed by atoms with Crippen LogP contribution in [-0.2, 0) is 16.8 Å². The molecule has 0 amide bonds. The van der Waals surface area contributed by atoms with E-state index in [0.717, 1.165) is 5.56 Å². The van der Waals surface area contributed by atoms with Gasteiger partial charge in [-0.25, -0.2) is 0 Å². The second-order valence-electron chi connectivity index (χ2n) is 2.65. The first-order chi connectivity index (χ1) is 5.59. The van der Waals surface area contributed by atoms with Gasteiger partial charge in [-0.05, 0) is 24.1 Å². The van der Waals surface area contributed by atoms with Crippen LogP contribution in [0.15, 0.2) is 18.2 Å². The minimum Gasteiger partial charge on any atom is -0.772 e. The molecule has 0 bridgehead atoms. The van der Waals surface area contributed by atoms with Crippen LogP contribution in [0.3, 0.4) is 0 Å². The van der Waals surface area contributed by atoms with Gasteiger partial charge in [0.15, 0.2) is 0 Å². The van der Waals surface area contributed by atoms with E-state index < -0.39 is 11.1 Å². The second-order valence-corrected chi connectivity index (χ2v) is 3.55. The van der Waals surface area contributed by atoms with Gasteiger partial charge in [0.05, 0.1) is 0 Å². The Hall–Kier alpha value is -0.870. The van der Waals surface area contributed by atoms with Gasteiger partial charge >= 0.3 is 0 Å². The van der Waals surface area contributed by atoms with E-state index in [1.165, 1.54) is 0 Å². The van der Waals surface area contributed by atoms with Gasteiger partial charge in [0.1, 0.15) is 0 Å². The Kier molecular flexibility index (Phi) is 2.83. The van der Waals surface area contributed by atoms with Gasteiger partial charge in [0.25, 0.3) is 0 Å². The summed E-state index contributed by atoms with van der Waals surface area (Å²) in [7, 11) is 0. The lowest BCUT2D eigenvalue weighted by molar-refractivity contribution is 0.536. The van der Waals surface area contributed by atoms with Crippen LogP contribution in [0, 0.1) is 6.92 Å². The van der Waals surface area contributed by atoms with Gasteiger partial charge in [-0.15, -0.1) is 0 Å². The predicted molar refractivity (Wildman–Crippen MR) is 48.2 cm³/mol. The average Bonchev–Trinajstić information content (AvgIpc) is 1.94. The first-order valence-electron chi connectivity index (χ1n) is 3.50. The van der Waals surface area contributed by atoms with Crippen molar-refractivity contribution in [3.05, 3.63) is 29.3 Å². The Balaban J connectivity index is 2.93. The molecule has 0 aliphatic rings. The molecule has 1 unspecified atom stereocenters. The fourth-order valence-corrected chi connectivity index (χ4v) is 1.49. The Bertz CT molecular complexity index is 312. The highest BCUT2D eigenvalue weighted by molar-refractivity contribution is 7.78. The standard InChI is InChI=1S/C8H11NO2S/c1-6-2-3-7(5-12(10)11)8(9)4-6/h2-4H,5,9H2,1H3,(H,10,11)/p-1. The summed E-state index contributed by atoms with van der Waals surface area (Å²) in [6, 6.07) is 5.35. The Morgan fingerprint density at radius 1 is 1.58 bits per heavy atom. The molecule has 0 saturated heterocycles. The lowest BCUT2D eigenvalue weighted by atomic mass is 10.1. The Morgan fingerprint density at radius 2 is 2.25 bits per heavy atom. The van der Waals surface area contributed by atoms with E-state index in [4.69, 9.17) is 5.73 Å². The highest BCUT2D eigenvalue weighted by atomic mass is 32.2. The molecule has 0 fully saturated rings. The summed E-state index contributed by atoms with van der Waals surface area (Å²) in [5, 5.41) is 0. The third-order valence-corrected chi connectivity index (χ3v) is 2.12. The molecule has 0 aliphatic carbocycles. The number of aryl methyl sites for hydroxylation is 1. The van der Waals surface area contributed by atoms with Crippen molar-refractivity contribution in [3.8, 4) is 0 Å². The van der Waals surface area contributed by atoms with Gasteiger partial charge in [-0.3, -0.25) is 4.21 Å². The molecular weight excluding hydrogens is 174 g/mol. The summed E-state index contributed by atoms with van der Waals surface area (Å²) in [4.78, 5) is 0. The molecule has 1 aromatic carbocycles. The van der Waals surface area contributed by atoms with Crippen molar-refractivity contribution in [1.29, 1.82) is 0 Å². The van der Waals surface area contributed by atoms with E-state index in [1.54, 1.807) is 12.1 Å². The maximum atomic E-state index is 10.4. The predicted octanol–water partition coefficient (Wildman–Crippen LogP) is 0.956. The highest BCUT2D eigenvalue weighted by Crippen LogP contribution is 2.14. The van der Waals surface area contributed by atoms with E-state index in [9.17, 15) is 8.76 Å². The molecule has 66 valence electrons. The molecule has 3 nitrogen and oxygen atoms in total. The minimum absolute atomic E-state index is 0.00782. The summed E-state index contributed by atoms with van der Waals surface area (Å²) in [6.07, 6.45) is 0. The number of anilines is 1. The molecular formula is C8H10NO2S-. The Labute approximate surface area is 73.9 Å². The lowest BCUT2D eigenvalue weighted by Gasteiger charge is -2.08. The summed E-state index contributed by atoms with van der Waals surface area (Å²) < 4.78 is 20.7.